The number of carboxylic acids is 1. The summed E-state index contributed by atoms with van der Waals surface area (Å²) < 4.78 is 10.7. The Labute approximate surface area is 129 Å². The quantitative estimate of drug-likeness (QED) is 0.835. The zero-order valence-electron chi connectivity index (χ0n) is 13.0. The van der Waals surface area contributed by atoms with Gasteiger partial charge in [0, 0.05) is 11.6 Å². The van der Waals surface area contributed by atoms with E-state index in [1.807, 2.05) is 6.92 Å². The van der Waals surface area contributed by atoms with Crippen molar-refractivity contribution in [3.63, 3.8) is 0 Å². The topological polar surface area (TPSA) is 76.1 Å². The summed E-state index contributed by atoms with van der Waals surface area (Å²) in [5.74, 6) is -0.269. The van der Waals surface area contributed by atoms with Crippen molar-refractivity contribution in [2.75, 3.05) is 13.7 Å². The Bertz CT molecular complexity index is 568. The molecule has 1 aliphatic carbocycles. The first-order valence-electron chi connectivity index (χ1n) is 7.35. The largest absolute Gasteiger partial charge is 0.493 e. The fourth-order valence-electron chi connectivity index (χ4n) is 2.35. The molecular weight excluding hydrogens is 286 g/mol. The standard InChI is InChI=1S/C16H21NO5/c1-4-22-13-8-5-11(9-14(13)21-3)15(18)17(12-6-7-12)10(2)16(19)20/h5,8-10,12H,4,6-7H2,1-3H3,(H,19,20). The first kappa shape index (κ1) is 16.1. The summed E-state index contributed by atoms with van der Waals surface area (Å²) in [5.41, 5.74) is 0.403. The van der Waals surface area contributed by atoms with Crippen molar-refractivity contribution in [3.8, 4) is 11.5 Å². The molecule has 1 unspecified atom stereocenters. The Hall–Kier alpha value is -2.24. The van der Waals surface area contributed by atoms with Gasteiger partial charge in [0.1, 0.15) is 6.04 Å². The predicted octanol–water partition coefficient (Wildman–Crippen LogP) is 2.17. The molecule has 0 aromatic heterocycles. The number of carbonyl (C=O) groups excluding carboxylic acids is 1. The molecule has 0 spiro atoms. The maximum absolute atomic E-state index is 12.7. The van der Waals surface area contributed by atoms with E-state index in [0.717, 1.165) is 12.8 Å². The van der Waals surface area contributed by atoms with Gasteiger partial charge in [-0.15, -0.1) is 0 Å². The molecule has 1 aliphatic rings. The second kappa shape index (κ2) is 6.68. The van der Waals surface area contributed by atoms with Gasteiger partial charge in [-0.3, -0.25) is 4.79 Å². The Kier molecular flexibility index (Phi) is 4.90. The van der Waals surface area contributed by atoms with E-state index in [1.165, 1.54) is 18.9 Å². The number of rotatable bonds is 7. The number of ether oxygens (including phenoxy) is 2. The highest BCUT2D eigenvalue weighted by atomic mass is 16.5. The zero-order valence-corrected chi connectivity index (χ0v) is 13.0. The number of aliphatic carboxylic acids is 1. The van der Waals surface area contributed by atoms with Gasteiger partial charge in [-0.2, -0.15) is 0 Å². The van der Waals surface area contributed by atoms with Gasteiger partial charge < -0.3 is 19.5 Å². The van der Waals surface area contributed by atoms with E-state index in [-0.39, 0.29) is 11.9 Å². The third-order valence-electron chi connectivity index (χ3n) is 3.66. The minimum atomic E-state index is -1.00. The third-order valence-corrected chi connectivity index (χ3v) is 3.66. The van der Waals surface area contributed by atoms with Crippen LogP contribution < -0.4 is 9.47 Å². The van der Waals surface area contributed by atoms with Crippen LogP contribution in [0.4, 0.5) is 0 Å². The van der Waals surface area contributed by atoms with Gasteiger partial charge >= 0.3 is 5.97 Å². The molecule has 1 fully saturated rings. The summed E-state index contributed by atoms with van der Waals surface area (Å²) in [4.78, 5) is 25.4. The molecule has 0 aliphatic heterocycles. The Morgan fingerprint density at radius 2 is 2.05 bits per heavy atom. The molecule has 2 rings (SSSR count). The van der Waals surface area contributed by atoms with Gasteiger partial charge in [-0.1, -0.05) is 0 Å². The fourth-order valence-corrected chi connectivity index (χ4v) is 2.35. The van der Waals surface area contributed by atoms with Crippen LogP contribution in [0.2, 0.25) is 0 Å². The number of benzene rings is 1. The molecule has 1 saturated carbocycles. The van der Waals surface area contributed by atoms with Crippen molar-refractivity contribution >= 4 is 11.9 Å². The molecule has 0 saturated heterocycles. The van der Waals surface area contributed by atoms with Gasteiger partial charge in [-0.05, 0) is 44.9 Å². The first-order chi connectivity index (χ1) is 10.5. The summed E-state index contributed by atoms with van der Waals surface area (Å²) in [6, 6.07) is 4.07. The number of carbonyl (C=O) groups is 2. The Morgan fingerprint density at radius 3 is 2.55 bits per heavy atom. The summed E-state index contributed by atoms with van der Waals surface area (Å²) in [6.07, 6.45) is 1.69. The van der Waals surface area contributed by atoms with Crippen LogP contribution in [0.1, 0.15) is 37.0 Å². The fraction of sp³-hybridized carbons (Fsp3) is 0.500. The van der Waals surface area contributed by atoms with Gasteiger partial charge in [0.2, 0.25) is 0 Å². The monoisotopic (exact) mass is 307 g/mol. The predicted molar refractivity (Wildman–Crippen MR) is 80.5 cm³/mol. The summed E-state index contributed by atoms with van der Waals surface area (Å²) in [7, 11) is 1.50. The van der Waals surface area contributed by atoms with Crippen LogP contribution in [0.5, 0.6) is 11.5 Å². The summed E-state index contributed by atoms with van der Waals surface area (Å²) >= 11 is 0. The number of amides is 1. The number of hydrogen-bond donors (Lipinski definition) is 1. The van der Waals surface area contributed by atoms with Crippen LogP contribution in [-0.4, -0.2) is 47.7 Å². The highest BCUT2D eigenvalue weighted by Crippen LogP contribution is 2.33. The maximum atomic E-state index is 12.7. The van der Waals surface area contributed by atoms with Gasteiger partial charge in [-0.25, -0.2) is 4.79 Å². The van der Waals surface area contributed by atoms with Crippen LogP contribution in [-0.2, 0) is 4.79 Å². The molecule has 1 amide bonds. The number of hydrogen-bond acceptors (Lipinski definition) is 4. The van der Waals surface area contributed by atoms with E-state index in [4.69, 9.17) is 9.47 Å². The smallest absolute Gasteiger partial charge is 0.326 e. The second-order valence-electron chi connectivity index (χ2n) is 5.26. The number of nitrogens with zero attached hydrogens (tertiary/aromatic N) is 1. The van der Waals surface area contributed by atoms with E-state index >= 15 is 0 Å². The molecule has 0 bridgehead atoms. The highest BCUT2D eigenvalue weighted by Gasteiger charge is 2.38. The van der Waals surface area contributed by atoms with E-state index in [9.17, 15) is 14.7 Å². The SMILES string of the molecule is CCOc1ccc(C(=O)N(C2CC2)C(C)C(=O)O)cc1OC. The van der Waals surface area contributed by atoms with E-state index < -0.39 is 12.0 Å². The molecule has 6 nitrogen and oxygen atoms in total. The molecule has 0 heterocycles. The van der Waals surface area contributed by atoms with Crippen LogP contribution in [0.15, 0.2) is 18.2 Å². The van der Waals surface area contributed by atoms with E-state index in [1.54, 1.807) is 18.2 Å². The third kappa shape index (κ3) is 3.32. The molecule has 6 heteroatoms. The average Bonchev–Trinajstić information content (AvgIpc) is 3.32. The van der Waals surface area contributed by atoms with E-state index in [2.05, 4.69) is 0 Å². The van der Waals surface area contributed by atoms with Crippen LogP contribution in [0, 0.1) is 0 Å². The normalized spacial score (nSPS) is 15.0. The lowest BCUT2D eigenvalue weighted by Gasteiger charge is -2.26. The first-order valence-corrected chi connectivity index (χ1v) is 7.35. The zero-order chi connectivity index (χ0) is 16.3. The van der Waals surface area contributed by atoms with Crippen molar-refractivity contribution in [1.29, 1.82) is 0 Å². The Morgan fingerprint density at radius 1 is 1.36 bits per heavy atom. The van der Waals surface area contributed by atoms with Gasteiger partial charge in [0.15, 0.2) is 11.5 Å². The number of carboxylic acid groups (broad SMARTS) is 1. The van der Waals surface area contributed by atoms with Crippen LogP contribution in [0.25, 0.3) is 0 Å². The summed E-state index contributed by atoms with van der Waals surface area (Å²) in [6.45, 7) is 3.89. The molecule has 1 atom stereocenters. The van der Waals surface area contributed by atoms with Crippen molar-refractivity contribution in [3.05, 3.63) is 23.8 Å². The molecule has 1 aromatic rings. The van der Waals surface area contributed by atoms with Gasteiger partial charge in [0.05, 0.1) is 13.7 Å². The summed E-state index contributed by atoms with van der Waals surface area (Å²) in [5, 5.41) is 9.20. The molecule has 22 heavy (non-hydrogen) atoms. The lowest BCUT2D eigenvalue weighted by atomic mass is 10.1. The molecule has 120 valence electrons. The maximum Gasteiger partial charge on any atom is 0.326 e. The molecule has 1 aromatic carbocycles. The minimum absolute atomic E-state index is 0.0103. The molecule has 0 radical (unpaired) electrons. The lowest BCUT2D eigenvalue weighted by molar-refractivity contribution is -0.141. The molecule has 1 N–H and O–H groups in total. The Balaban J connectivity index is 2.28. The molecular formula is C16H21NO5. The van der Waals surface area contributed by atoms with Crippen molar-refractivity contribution in [1.82, 2.24) is 4.90 Å². The lowest BCUT2D eigenvalue weighted by Crippen LogP contribution is -2.44. The van der Waals surface area contributed by atoms with Crippen molar-refractivity contribution < 1.29 is 24.2 Å². The van der Waals surface area contributed by atoms with Crippen LogP contribution >= 0.6 is 0 Å². The highest BCUT2D eigenvalue weighted by molar-refractivity contribution is 5.97. The van der Waals surface area contributed by atoms with Gasteiger partial charge in [0.25, 0.3) is 5.91 Å². The van der Waals surface area contributed by atoms with E-state index in [0.29, 0.717) is 23.7 Å². The van der Waals surface area contributed by atoms with Crippen LogP contribution in [0.3, 0.4) is 0 Å². The van der Waals surface area contributed by atoms with Crippen molar-refractivity contribution in [2.24, 2.45) is 0 Å². The average molecular weight is 307 g/mol. The van der Waals surface area contributed by atoms with Crippen molar-refractivity contribution in [2.45, 2.75) is 38.8 Å². The second-order valence-corrected chi connectivity index (χ2v) is 5.26. The minimum Gasteiger partial charge on any atom is -0.493 e. The number of methoxy groups -OCH3 is 1.